The highest BCUT2D eigenvalue weighted by molar-refractivity contribution is 6.15. The lowest BCUT2D eigenvalue weighted by Crippen LogP contribution is -2.63. The number of hydrogen-bond acceptors (Lipinski definition) is 5. The first-order chi connectivity index (χ1) is 18.1. The van der Waals surface area contributed by atoms with Crippen LogP contribution < -0.4 is 0 Å². The maximum Gasteiger partial charge on any atom is 0.302 e. The molecule has 0 aromatic carbocycles. The second-order valence-electron chi connectivity index (χ2n) is 16.6. The minimum absolute atomic E-state index is 0.0287. The quantitative estimate of drug-likeness (QED) is 0.311. The van der Waals surface area contributed by atoms with E-state index in [9.17, 15) is 14.4 Å². The SMILES string of the molecule is CC(=O)OC1CC(C(C)C2(C)CC(C)C3(C)CC3(C)C2)C2(C)CCC3C(CC4OC45C(=O)C=CC(=O)C35C)C12. The van der Waals surface area contributed by atoms with E-state index < -0.39 is 11.0 Å². The topological polar surface area (TPSA) is 73.0 Å². The third kappa shape index (κ3) is 2.94. The molecule has 1 heterocycles. The number of rotatable bonds is 3. The van der Waals surface area contributed by atoms with Gasteiger partial charge >= 0.3 is 5.97 Å². The minimum Gasteiger partial charge on any atom is -0.462 e. The smallest absolute Gasteiger partial charge is 0.302 e. The van der Waals surface area contributed by atoms with E-state index in [1.807, 2.05) is 6.92 Å². The van der Waals surface area contributed by atoms with Crippen LogP contribution >= 0.6 is 0 Å². The fraction of sp³-hybridized carbons (Fsp3) is 0.853. The Morgan fingerprint density at radius 2 is 1.74 bits per heavy atom. The normalized spacial score (nSPS) is 59.3. The van der Waals surface area contributed by atoms with E-state index in [1.54, 1.807) is 6.92 Å². The lowest BCUT2D eigenvalue weighted by Gasteiger charge is -2.58. The molecule has 0 radical (unpaired) electrons. The van der Waals surface area contributed by atoms with Crippen molar-refractivity contribution in [2.24, 2.45) is 62.6 Å². The molecule has 214 valence electrons. The van der Waals surface area contributed by atoms with E-state index in [0.29, 0.717) is 22.7 Å². The van der Waals surface area contributed by atoms with Gasteiger partial charge < -0.3 is 9.47 Å². The van der Waals surface area contributed by atoms with Crippen molar-refractivity contribution in [1.82, 2.24) is 0 Å². The van der Waals surface area contributed by atoms with Crippen molar-refractivity contribution in [3.8, 4) is 0 Å². The summed E-state index contributed by atoms with van der Waals surface area (Å²) in [5.74, 6) is 1.96. The Labute approximate surface area is 234 Å². The van der Waals surface area contributed by atoms with E-state index in [0.717, 1.165) is 31.6 Å². The van der Waals surface area contributed by atoms with Gasteiger partial charge in [-0.3, -0.25) is 14.4 Å². The molecule has 6 aliphatic carbocycles. The van der Waals surface area contributed by atoms with E-state index in [-0.39, 0.29) is 58.3 Å². The molecule has 0 amide bonds. The Kier molecular flexibility index (Phi) is 5.06. The summed E-state index contributed by atoms with van der Waals surface area (Å²) in [5.41, 5.74) is -0.581. The van der Waals surface area contributed by atoms with Crippen LogP contribution in [0.3, 0.4) is 0 Å². The summed E-state index contributed by atoms with van der Waals surface area (Å²) in [7, 11) is 0. The summed E-state index contributed by atoms with van der Waals surface area (Å²) in [6.45, 7) is 18.6. The summed E-state index contributed by atoms with van der Waals surface area (Å²) in [6.07, 6.45) is 10.1. The molecule has 1 aliphatic heterocycles. The van der Waals surface area contributed by atoms with Crippen LogP contribution in [0.4, 0.5) is 0 Å². The van der Waals surface area contributed by atoms with Gasteiger partial charge in [0.25, 0.3) is 0 Å². The molecule has 5 nitrogen and oxygen atoms in total. The molecular formula is C34H48O5. The first-order valence-electron chi connectivity index (χ1n) is 15.7. The molecular weight excluding hydrogens is 488 g/mol. The maximum atomic E-state index is 13.6. The molecule has 0 N–H and O–H groups in total. The van der Waals surface area contributed by atoms with Gasteiger partial charge in [0.05, 0.1) is 11.5 Å². The number of esters is 1. The van der Waals surface area contributed by atoms with Gasteiger partial charge in [0.15, 0.2) is 17.2 Å². The van der Waals surface area contributed by atoms with Gasteiger partial charge in [-0.2, -0.15) is 0 Å². The zero-order valence-corrected chi connectivity index (χ0v) is 25.3. The number of hydrogen-bond donors (Lipinski definition) is 0. The van der Waals surface area contributed by atoms with Crippen molar-refractivity contribution in [2.45, 2.75) is 118 Å². The van der Waals surface area contributed by atoms with E-state index in [1.165, 1.54) is 31.4 Å². The van der Waals surface area contributed by atoms with Crippen LogP contribution in [0.5, 0.6) is 0 Å². The molecule has 1 saturated heterocycles. The Morgan fingerprint density at radius 1 is 1.05 bits per heavy atom. The molecule has 5 heteroatoms. The van der Waals surface area contributed by atoms with Gasteiger partial charge in [-0.25, -0.2) is 0 Å². The van der Waals surface area contributed by atoms with Crippen molar-refractivity contribution in [1.29, 1.82) is 0 Å². The third-order valence-electron chi connectivity index (χ3n) is 15.1. The second kappa shape index (κ2) is 7.47. The van der Waals surface area contributed by atoms with E-state index >= 15 is 0 Å². The van der Waals surface area contributed by atoms with Crippen LogP contribution in [0.2, 0.25) is 0 Å². The van der Waals surface area contributed by atoms with Crippen molar-refractivity contribution in [3.05, 3.63) is 12.2 Å². The highest BCUT2D eigenvalue weighted by Gasteiger charge is 2.81. The average Bonchev–Trinajstić information content (AvgIpc) is 3.67. The number of allylic oxidation sites excluding steroid dienone is 1. The highest BCUT2D eigenvalue weighted by Crippen LogP contribution is 2.78. The fourth-order valence-corrected chi connectivity index (χ4v) is 12.7. The summed E-state index contributed by atoms with van der Waals surface area (Å²) in [6, 6.07) is 0. The molecule has 14 unspecified atom stereocenters. The molecule has 5 saturated carbocycles. The van der Waals surface area contributed by atoms with Gasteiger partial charge in [-0.05, 0) is 115 Å². The van der Waals surface area contributed by atoms with Gasteiger partial charge in [-0.1, -0.05) is 41.5 Å². The van der Waals surface area contributed by atoms with Crippen molar-refractivity contribution in [2.75, 3.05) is 0 Å². The molecule has 1 spiro atoms. The molecule has 0 aromatic rings. The number of carbonyl (C=O) groups excluding carboxylic acids is 3. The molecule has 7 rings (SSSR count). The molecule has 39 heavy (non-hydrogen) atoms. The Balaban J connectivity index is 1.25. The first kappa shape index (κ1) is 26.4. The Morgan fingerprint density at radius 3 is 2.41 bits per heavy atom. The lowest BCUT2D eigenvalue weighted by atomic mass is 9.43. The predicted molar refractivity (Wildman–Crippen MR) is 147 cm³/mol. The number of ketones is 2. The molecule has 6 fully saturated rings. The van der Waals surface area contributed by atoms with Crippen LogP contribution in [0.1, 0.15) is 100 Å². The van der Waals surface area contributed by atoms with E-state index in [4.69, 9.17) is 9.47 Å². The number of ether oxygens (including phenoxy) is 2. The standard InChI is InChI=1S/C34H48O5/c1-18-15-29(4,16-30(5)17-32(18,30)7)19(2)23-14-24(38-20(3)35)28-21-13-27-34(39-27)26(37)10-9-25(36)33(34,8)22(21)11-12-31(23,28)6/h9-10,18-19,21-24,27-28H,11-17H2,1-8H3. The van der Waals surface area contributed by atoms with E-state index in [2.05, 4.69) is 41.5 Å². The fourth-order valence-electron chi connectivity index (χ4n) is 12.7. The van der Waals surface area contributed by atoms with Crippen LogP contribution in [0, 0.1) is 62.6 Å². The van der Waals surface area contributed by atoms with Gasteiger partial charge in [-0.15, -0.1) is 0 Å². The summed E-state index contributed by atoms with van der Waals surface area (Å²) in [5, 5.41) is 0. The summed E-state index contributed by atoms with van der Waals surface area (Å²) in [4.78, 5) is 39.1. The minimum atomic E-state index is -0.964. The summed E-state index contributed by atoms with van der Waals surface area (Å²) < 4.78 is 12.4. The average molecular weight is 537 g/mol. The zero-order valence-electron chi connectivity index (χ0n) is 25.3. The lowest BCUT2D eigenvalue weighted by molar-refractivity contribution is -0.163. The van der Waals surface area contributed by atoms with Crippen molar-refractivity contribution >= 4 is 17.5 Å². The van der Waals surface area contributed by atoms with Crippen LogP contribution in [-0.2, 0) is 23.9 Å². The highest BCUT2D eigenvalue weighted by atomic mass is 16.6. The number of carbonyl (C=O) groups is 3. The van der Waals surface area contributed by atoms with Crippen molar-refractivity contribution in [3.63, 3.8) is 0 Å². The monoisotopic (exact) mass is 536 g/mol. The van der Waals surface area contributed by atoms with Crippen LogP contribution in [0.15, 0.2) is 12.2 Å². The zero-order chi connectivity index (χ0) is 28.1. The maximum absolute atomic E-state index is 13.6. The van der Waals surface area contributed by atoms with Gasteiger partial charge in [0.2, 0.25) is 0 Å². The largest absolute Gasteiger partial charge is 0.462 e. The molecule has 7 aliphatic rings. The summed E-state index contributed by atoms with van der Waals surface area (Å²) >= 11 is 0. The van der Waals surface area contributed by atoms with Crippen LogP contribution in [-0.4, -0.2) is 35.3 Å². The molecule has 0 bridgehead atoms. The van der Waals surface area contributed by atoms with Crippen molar-refractivity contribution < 1.29 is 23.9 Å². The second-order valence-corrected chi connectivity index (χ2v) is 16.6. The third-order valence-corrected chi connectivity index (χ3v) is 15.1. The number of fused-ring (bicyclic) bond motifs is 5. The van der Waals surface area contributed by atoms with Crippen LogP contribution in [0.25, 0.3) is 0 Å². The molecule has 0 aromatic heterocycles. The molecule has 14 atom stereocenters. The Bertz CT molecular complexity index is 1210. The first-order valence-corrected chi connectivity index (χ1v) is 15.7. The predicted octanol–water partition coefficient (Wildman–Crippen LogP) is 6.33. The van der Waals surface area contributed by atoms with Gasteiger partial charge in [0, 0.05) is 12.8 Å². The van der Waals surface area contributed by atoms with Gasteiger partial charge in [0.1, 0.15) is 6.10 Å². The Hall–Kier alpha value is -1.49. The number of epoxide rings is 1.